The van der Waals surface area contributed by atoms with E-state index in [1.54, 1.807) is 0 Å². The van der Waals surface area contributed by atoms with Crippen LogP contribution in [-0.4, -0.2) is 51.2 Å². The topological polar surface area (TPSA) is 66.0 Å². The van der Waals surface area contributed by atoms with Crippen molar-refractivity contribution in [2.24, 2.45) is 0 Å². The van der Waals surface area contributed by atoms with Crippen molar-refractivity contribution in [3.05, 3.63) is 60.7 Å². The van der Waals surface area contributed by atoms with Crippen LogP contribution >= 0.6 is 0 Å². The lowest BCUT2D eigenvalue weighted by atomic mass is 10.0. The second-order valence-electron chi connectivity index (χ2n) is 6.99. The zero-order valence-electron chi connectivity index (χ0n) is 15.6. The number of nitrogens with zero attached hydrogens (tertiary/aromatic N) is 3. The van der Waals surface area contributed by atoms with Crippen molar-refractivity contribution >= 4 is 5.91 Å². The third-order valence-electron chi connectivity index (χ3n) is 5.23. The highest BCUT2D eigenvalue weighted by Gasteiger charge is 2.21. The smallest absolute Gasteiger partial charge is 0.267 e. The Bertz CT molecular complexity index is 890. The van der Waals surface area contributed by atoms with Crippen molar-refractivity contribution in [2.45, 2.75) is 25.8 Å². The van der Waals surface area contributed by atoms with E-state index in [-0.39, 0.29) is 11.9 Å². The summed E-state index contributed by atoms with van der Waals surface area (Å²) in [4.78, 5) is 18.1. The largest absolute Gasteiger partial charge is 0.357 e. The van der Waals surface area contributed by atoms with E-state index in [0.29, 0.717) is 5.69 Å². The molecule has 1 aliphatic rings. The van der Waals surface area contributed by atoms with Crippen LogP contribution in [0.15, 0.2) is 55.0 Å². The fourth-order valence-corrected chi connectivity index (χ4v) is 3.54. The molecule has 3 aromatic rings. The second kappa shape index (κ2) is 7.80. The first-order chi connectivity index (χ1) is 13.2. The molecule has 0 aliphatic carbocycles. The third kappa shape index (κ3) is 3.95. The number of rotatable bonds is 5. The number of benzene rings is 1. The van der Waals surface area contributed by atoms with Gasteiger partial charge in [-0.05, 0) is 37.6 Å². The normalized spacial score (nSPS) is 15.7. The van der Waals surface area contributed by atoms with Crippen molar-refractivity contribution in [1.82, 2.24) is 25.0 Å². The van der Waals surface area contributed by atoms with Crippen LogP contribution in [0.1, 0.15) is 30.3 Å². The molecule has 6 nitrogen and oxygen atoms in total. The Balaban J connectivity index is 1.41. The minimum Gasteiger partial charge on any atom is -0.357 e. The number of para-hydroxylation sites is 1. The summed E-state index contributed by atoms with van der Waals surface area (Å²) in [5.41, 5.74) is 3.54. The van der Waals surface area contributed by atoms with E-state index in [4.69, 9.17) is 0 Å². The van der Waals surface area contributed by atoms with E-state index >= 15 is 0 Å². The molecule has 4 rings (SSSR count). The number of aromatic nitrogens is 3. The summed E-state index contributed by atoms with van der Waals surface area (Å²) in [6.45, 7) is 5.36. The van der Waals surface area contributed by atoms with Crippen LogP contribution in [0.3, 0.4) is 0 Å². The van der Waals surface area contributed by atoms with Gasteiger partial charge in [-0.2, -0.15) is 5.10 Å². The van der Waals surface area contributed by atoms with Crippen LogP contribution in [0.4, 0.5) is 0 Å². The Kier molecular flexibility index (Phi) is 5.07. The lowest BCUT2D eigenvalue weighted by molar-refractivity contribution is 0.0908. The van der Waals surface area contributed by atoms with Gasteiger partial charge in [-0.3, -0.25) is 4.79 Å². The molecule has 0 saturated carbocycles. The van der Waals surface area contributed by atoms with Crippen LogP contribution in [0.5, 0.6) is 0 Å². The van der Waals surface area contributed by atoms with Gasteiger partial charge in [0.2, 0.25) is 0 Å². The van der Waals surface area contributed by atoms with Crippen LogP contribution in [0, 0.1) is 0 Å². The molecule has 0 radical (unpaired) electrons. The fraction of sp³-hybridized carbons (Fsp3) is 0.333. The maximum absolute atomic E-state index is 12.6. The summed E-state index contributed by atoms with van der Waals surface area (Å²) in [5.74, 6) is -0.0355. The predicted molar refractivity (Wildman–Crippen MR) is 106 cm³/mol. The summed E-state index contributed by atoms with van der Waals surface area (Å²) < 4.78 is 1.84. The molecule has 27 heavy (non-hydrogen) atoms. The zero-order chi connectivity index (χ0) is 18.6. The molecule has 6 heteroatoms. The van der Waals surface area contributed by atoms with Crippen molar-refractivity contribution < 1.29 is 4.79 Å². The molecule has 1 aliphatic heterocycles. The Morgan fingerprint density at radius 3 is 2.74 bits per heavy atom. The van der Waals surface area contributed by atoms with Gasteiger partial charge in [-0.25, -0.2) is 4.68 Å². The van der Waals surface area contributed by atoms with E-state index in [1.165, 1.54) is 0 Å². The van der Waals surface area contributed by atoms with Crippen LogP contribution in [0.2, 0.25) is 0 Å². The minimum atomic E-state index is -0.0355. The Morgan fingerprint density at radius 2 is 2.00 bits per heavy atom. The number of H-pyrrole nitrogens is 1. The minimum absolute atomic E-state index is 0.0355. The Hall–Kier alpha value is -2.86. The van der Waals surface area contributed by atoms with Gasteiger partial charge in [0, 0.05) is 42.7 Å². The first-order valence-corrected chi connectivity index (χ1v) is 9.55. The zero-order valence-corrected chi connectivity index (χ0v) is 15.6. The van der Waals surface area contributed by atoms with Gasteiger partial charge in [0.15, 0.2) is 0 Å². The monoisotopic (exact) mass is 363 g/mol. The number of amides is 1. The van der Waals surface area contributed by atoms with Gasteiger partial charge < -0.3 is 15.2 Å². The molecule has 3 heterocycles. The number of piperidine rings is 1. The average Bonchev–Trinajstić information content (AvgIpc) is 3.39. The summed E-state index contributed by atoms with van der Waals surface area (Å²) in [6.07, 6.45) is 7.67. The first kappa shape index (κ1) is 17.5. The highest BCUT2D eigenvalue weighted by atomic mass is 16.1. The molecule has 0 unspecified atom stereocenters. The number of aromatic amines is 1. The molecule has 140 valence electrons. The molecule has 0 spiro atoms. The molecular formula is C21H25N5O. The molecule has 1 saturated heterocycles. The van der Waals surface area contributed by atoms with Crippen LogP contribution in [0.25, 0.3) is 16.8 Å². The van der Waals surface area contributed by atoms with Gasteiger partial charge in [-0.1, -0.05) is 25.1 Å². The van der Waals surface area contributed by atoms with E-state index in [2.05, 4.69) is 27.2 Å². The molecule has 0 bridgehead atoms. The van der Waals surface area contributed by atoms with Gasteiger partial charge in [0.1, 0.15) is 5.69 Å². The molecule has 2 N–H and O–H groups in total. The fourth-order valence-electron chi connectivity index (χ4n) is 3.54. The second-order valence-corrected chi connectivity index (χ2v) is 6.99. The van der Waals surface area contributed by atoms with Crippen molar-refractivity contribution in [3.63, 3.8) is 0 Å². The van der Waals surface area contributed by atoms with Gasteiger partial charge >= 0.3 is 0 Å². The number of carbonyl (C=O) groups excluding carboxylic acids is 1. The van der Waals surface area contributed by atoms with Gasteiger partial charge in [0.25, 0.3) is 5.91 Å². The number of hydrogen-bond donors (Lipinski definition) is 2. The molecule has 1 fully saturated rings. The lowest BCUT2D eigenvalue weighted by Gasteiger charge is -2.31. The molecule has 1 amide bonds. The first-order valence-electron chi connectivity index (χ1n) is 9.55. The summed E-state index contributed by atoms with van der Waals surface area (Å²) >= 11 is 0. The van der Waals surface area contributed by atoms with E-state index < -0.39 is 0 Å². The number of likely N-dealkylation sites (tertiary alicyclic amines) is 1. The Labute approximate surface area is 159 Å². The van der Waals surface area contributed by atoms with Crippen molar-refractivity contribution in [1.29, 1.82) is 0 Å². The van der Waals surface area contributed by atoms with Gasteiger partial charge in [-0.15, -0.1) is 0 Å². The highest BCUT2D eigenvalue weighted by molar-refractivity contribution is 5.94. The SMILES string of the molecule is CCN1CCC(NC(=O)c2cc(-c3cnn(-c4ccccc4)c3)c[nH]2)CC1. The quantitative estimate of drug-likeness (QED) is 0.732. The lowest BCUT2D eigenvalue weighted by Crippen LogP contribution is -2.44. The molecule has 2 aromatic heterocycles. The Morgan fingerprint density at radius 1 is 1.22 bits per heavy atom. The summed E-state index contributed by atoms with van der Waals surface area (Å²) in [6, 6.07) is 12.1. The summed E-state index contributed by atoms with van der Waals surface area (Å²) in [5, 5.41) is 7.58. The maximum Gasteiger partial charge on any atom is 0.267 e. The highest BCUT2D eigenvalue weighted by Crippen LogP contribution is 2.21. The number of hydrogen-bond acceptors (Lipinski definition) is 3. The maximum atomic E-state index is 12.6. The summed E-state index contributed by atoms with van der Waals surface area (Å²) in [7, 11) is 0. The molecular weight excluding hydrogens is 338 g/mol. The molecule has 0 atom stereocenters. The van der Waals surface area contributed by atoms with Crippen LogP contribution < -0.4 is 5.32 Å². The van der Waals surface area contributed by atoms with E-state index in [1.807, 2.05) is 59.7 Å². The van der Waals surface area contributed by atoms with Gasteiger partial charge in [0.05, 0.1) is 11.9 Å². The molecule has 1 aromatic carbocycles. The third-order valence-corrected chi connectivity index (χ3v) is 5.23. The van der Waals surface area contributed by atoms with Crippen LogP contribution in [-0.2, 0) is 0 Å². The van der Waals surface area contributed by atoms with E-state index in [9.17, 15) is 4.79 Å². The standard InChI is InChI=1S/C21H25N5O/c1-2-25-10-8-18(9-11-25)24-21(27)20-12-16(13-22-20)17-14-23-26(15-17)19-6-4-3-5-7-19/h3-7,12-15,18,22H,2,8-11H2,1H3,(H,24,27). The predicted octanol–water partition coefficient (Wildman–Crippen LogP) is 3.08. The number of carbonyl (C=O) groups is 1. The average molecular weight is 363 g/mol. The number of nitrogens with one attached hydrogen (secondary N) is 2. The van der Waals surface area contributed by atoms with Crippen molar-refractivity contribution in [2.75, 3.05) is 19.6 Å². The van der Waals surface area contributed by atoms with Crippen molar-refractivity contribution in [3.8, 4) is 16.8 Å². The van der Waals surface area contributed by atoms with E-state index in [0.717, 1.165) is 49.3 Å².